The van der Waals surface area contributed by atoms with Crippen LogP contribution in [0, 0.1) is 12.7 Å². The van der Waals surface area contributed by atoms with Crippen LogP contribution in [0.2, 0.25) is 0 Å². The average Bonchev–Trinajstić information content (AvgIpc) is 3.14. The largest absolute Gasteiger partial charge is 0.459 e. The van der Waals surface area contributed by atoms with Gasteiger partial charge in [-0.3, -0.25) is 0 Å². The zero-order valence-corrected chi connectivity index (χ0v) is 18.1. The number of anilines is 1. The number of hydrogen-bond acceptors (Lipinski definition) is 5. The quantitative estimate of drug-likeness (QED) is 0.677. The van der Waals surface area contributed by atoms with Gasteiger partial charge in [-0.25, -0.2) is 9.18 Å². The van der Waals surface area contributed by atoms with Gasteiger partial charge >= 0.3 is 5.97 Å². The molecule has 1 aromatic rings. The fraction of sp³-hybridized carbons (Fsp3) is 0.480. The van der Waals surface area contributed by atoms with Crippen molar-refractivity contribution in [2.24, 2.45) is 0 Å². The van der Waals surface area contributed by atoms with Gasteiger partial charge in [-0.2, -0.15) is 0 Å². The van der Waals surface area contributed by atoms with Crippen LogP contribution in [0.15, 0.2) is 34.6 Å². The Morgan fingerprint density at radius 3 is 2.94 bits per heavy atom. The van der Waals surface area contributed by atoms with Crippen LogP contribution < -0.4 is 5.32 Å². The molecule has 0 bridgehead atoms. The summed E-state index contributed by atoms with van der Waals surface area (Å²) in [5, 5.41) is 14.8. The van der Waals surface area contributed by atoms with Crippen molar-refractivity contribution in [3.8, 4) is 0 Å². The summed E-state index contributed by atoms with van der Waals surface area (Å²) < 4.78 is 20.0. The Morgan fingerprint density at radius 1 is 1.35 bits per heavy atom. The highest BCUT2D eigenvalue weighted by atomic mass is 19.1. The first-order valence-electron chi connectivity index (χ1n) is 11.3. The van der Waals surface area contributed by atoms with Crippen LogP contribution >= 0.6 is 0 Å². The Balaban J connectivity index is 1.52. The molecule has 4 heterocycles. The Hall–Kier alpha value is -2.60. The summed E-state index contributed by atoms with van der Waals surface area (Å²) in [6, 6.07) is 1.59. The molecular formula is C25H27FN2O3. The minimum atomic E-state index is -1.61. The van der Waals surface area contributed by atoms with Crippen LogP contribution in [0.4, 0.5) is 10.1 Å². The number of carbonyl (C=O) groups is 1. The maximum atomic E-state index is 14.7. The highest BCUT2D eigenvalue weighted by Gasteiger charge is 2.50. The number of allylic oxidation sites excluding steroid dienone is 1. The molecule has 0 aromatic heterocycles. The number of hydrogen-bond donors (Lipinski definition) is 2. The Labute approximate surface area is 181 Å². The molecule has 5 nitrogen and oxygen atoms in total. The average molecular weight is 423 g/mol. The molecule has 0 radical (unpaired) electrons. The number of nitrogens with one attached hydrogen (secondary N) is 1. The predicted molar refractivity (Wildman–Crippen MR) is 116 cm³/mol. The van der Waals surface area contributed by atoms with E-state index in [9.17, 15) is 14.3 Å². The first-order valence-corrected chi connectivity index (χ1v) is 11.3. The van der Waals surface area contributed by atoms with Crippen molar-refractivity contribution < 1.29 is 19.0 Å². The van der Waals surface area contributed by atoms with E-state index >= 15 is 0 Å². The van der Waals surface area contributed by atoms with Gasteiger partial charge in [-0.15, -0.1) is 0 Å². The summed E-state index contributed by atoms with van der Waals surface area (Å²) in [6.07, 6.45) is 5.20. The second-order valence-electron chi connectivity index (χ2n) is 9.42. The van der Waals surface area contributed by atoms with Crippen molar-refractivity contribution in [3.63, 3.8) is 0 Å². The molecule has 1 aliphatic carbocycles. The maximum Gasteiger partial charge on any atom is 0.343 e. The number of cyclic esters (lactones) is 1. The number of rotatable bonds is 1. The smallest absolute Gasteiger partial charge is 0.343 e. The van der Waals surface area contributed by atoms with E-state index in [1.165, 1.54) is 16.7 Å². The Bertz CT molecular complexity index is 1150. The number of esters is 1. The first-order chi connectivity index (χ1) is 14.8. The molecule has 5 aliphatic rings. The van der Waals surface area contributed by atoms with Crippen LogP contribution in [0.5, 0.6) is 0 Å². The topological polar surface area (TPSA) is 61.8 Å². The van der Waals surface area contributed by atoms with E-state index in [4.69, 9.17) is 4.74 Å². The maximum absolute atomic E-state index is 14.7. The molecule has 6 rings (SSSR count). The number of benzene rings is 1. The van der Waals surface area contributed by atoms with Gasteiger partial charge in [0.1, 0.15) is 12.4 Å². The molecule has 31 heavy (non-hydrogen) atoms. The number of fused-ring (bicyclic) bond motifs is 3. The number of carbonyl (C=O) groups excluding carboxylic acids is 1. The molecular weight excluding hydrogens is 395 g/mol. The molecule has 3 atom stereocenters. The monoisotopic (exact) mass is 422 g/mol. The fourth-order valence-electron chi connectivity index (χ4n) is 6.23. The second kappa shape index (κ2) is 6.22. The zero-order valence-electron chi connectivity index (χ0n) is 18.1. The summed E-state index contributed by atoms with van der Waals surface area (Å²) in [7, 11) is 0. The highest BCUT2D eigenvalue weighted by Crippen LogP contribution is 2.51. The van der Waals surface area contributed by atoms with Gasteiger partial charge in [-0.1, -0.05) is 6.92 Å². The Kier molecular flexibility index (Phi) is 3.84. The lowest BCUT2D eigenvalue weighted by Crippen LogP contribution is -2.50. The Morgan fingerprint density at radius 2 is 2.16 bits per heavy atom. The van der Waals surface area contributed by atoms with Crippen molar-refractivity contribution in [1.82, 2.24) is 4.90 Å². The van der Waals surface area contributed by atoms with Crippen molar-refractivity contribution in [3.05, 3.63) is 57.1 Å². The van der Waals surface area contributed by atoms with Crippen LogP contribution in [0.1, 0.15) is 49.8 Å². The van der Waals surface area contributed by atoms with Gasteiger partial charge in [0.25, 0.3) is 0 Å². The standard InChI is InChI=1S/C25H27FN2O3/c1-4-25(30)18-8-21-23-16(10-28(21)13(3)17(18)11-31-24(25)29)15-7-5-6-14-12(2)19(26)9-20(27-23)22(14)15/h8-9,13,23,27,30H,4-7,10-11H2,1-3H3/t13?,23?,25-/m0/s1. The second-order valence-corrected chi connectivity index (χ2v) is 9.42. The number of ether oxygens (including phenoxy) is 1. The van der Waals surface area contributed by atoms with Crippen molar-refractivity contribution in [2.45, 2.75) is 64.1 Å². The molecule has 0 spiro atoms. The van der Waals surface area contributed by atoms with Gasteiger partial charge in [0, 0.05) is 29.1 Å². The zero-order chi connectivity index (χ0) is 21.7. The van der Waals surface area contributed by atoms with Crippen LogP contribution in [-0.4, -0.2) is 46.8 Å². The molecule has 1 aromatic carbocycles. The summed E-state index contributed by atoms with van der Waals surface area (Å²) >= 11 is 0. The number of halogens is 1. The van der Waals surface area contributed by atoms with Gasteiger partial charge < -0.3 is 20.1 Å². The lowest BCUT2D eigenvalue weighted by atomic mass is 9.77. The molecule has 1 fully saturated rings. The van der Waals surface area contributed by atoms with E-state index in [2.05, 4.69) is 17.1 Å². The summed E-state index contributed by atoms with van der Waals surface area (Å²) in [6.45, 7) is 6.82. The minimum absolute atomic E-state index is 0.0197. The molecule has 6 heteroatoms. The summed E-state index contributed by atoms with van der Waals surface area (Å²) in [5.74, 6) is -0.730. The van der Waals surface area contributed by atoms with E-state index in [0.29, 0.717) is 5.57 Å². The van der Waals surface area contributed by atoms with Crippen molar-refractivity contribution in [2.75, 3.05) is 18.5 Å². The molecule has 2 N–H and O–H groups in total. The molecule has 2 unspecified atom stereocenters. The fourth-order valence-corrected chi connectivity index (χ4v) is 6.23. The highest BCUT2D eigenvalue weighted by molar-refractivity contribution is 5.89. The third-order valence-corrected chi connectivity index (χ3v) is 8.08. The van der Waals surface area contributed by atoms with Gasteiger partial charge in [0.15, 0.2) is 5.60 Å². The third-order valence-electron chi connectivity index (χ3n) is 8.08. The van der Waals surface area contributed by atoms with E-state index in [1.54, 1.807) is 13.0 Å². The normalized spacial score (nSPS) is 30.8. The van der Waals surface area contributed by atoms with E-state index < -0.39 is 11.6 Å². The van der Waals surface area contributed by atoms with Crippen molar-refractivity contribution in [1.29, 1.82) is 0 Å². The van der Waals surface area contributed by atoms with E-state index in [0.717, 1.165) is 53.9 Å². The van der Waals surface area contributed by atoms with Crippen LogP contribution in [0.25, 0.3) is 5.57 Å². The van der Waals surface area contributed by atoms with Crippen molar-refractivity contribution >= 4 is 17.2 Å². The number of aliphatic hydroxyl groups is 1. The number of nitrogens with zero attached hydrogens (tertiary/aromatic N) is 1. The predicted octanol–water partition coefficient (Wildman–Crippen LogP) is 3.61. The first kappa shape index (κ1) is 19.1. The lowest BCUT2D eigenvalue weighted by molar-refractivity contribution is -0.163. The SMILES string of the molecule is CC[C@@]1(O)C(=O)OCC2=C1C=C1C3Nc4cc(F)c(C)c5c4C(=C3CN1C2C)CCC5. The molecule has 162 valence electrons. The van der Waals surface area contributed by atoms with E-state index in [1.807, 2.05) is 13.0 Å². The van der Waals surface area contributed by atoms with E-state index in [-0.39, 0.29) is 30.9 Å². The molecule has 0 saturated carbocycles. The third kappa shape index (κ3) is 2.31. The summed E-state index contributed by atoms with van der Waals surface area (Å²) in [5.41, 5.74) is 7.75. The van der Waals surface area contributed by atoms with Crippen LogP contribution in [0.3, 0.4) is 0 Å². The molecule has 0 amide bonds. The van der Waals surface area contributed by atoms with Gasteiger partial charge in [0.2, 0.25) is 0 Å². The van der Waals surface area contributed by atoms with Gasteiger partial charge in [0.05, 0.1) is 12.1 Å². The van der Waals surface area contributed by atoms with Gasteiger partial charge in [-0.05, 0) is 79.5 Å². The lowest BCUT2D eigenvalue weighted by Gasteiger charge is -2.42. The van der Waals surface area contributed by atoms with Crippen LogP contribution in [-0.2, 0) is 16.0 Å². The minimum Gasteiger partial charge on any atom is -0.459 e. The molecule has 4 aliphatic heterocycles. The molecule has 1 saturated heterocycles. The summed E-state index contributed by atoms with van der Waals surface area (Å²) in [4.78, 5) is 14.8.